The second-order valence-corrected chi connectivity index (χ2v) is 10.1. The number of nitrogens with one attached hydrogen (secondary N) is 1. The molecule has 0 aliphatic carbocycles. The molecule has 0 saturated carbocycles. The smallest absolute Gasteiger partial charge is 0.242 e. The molecule has 2 amide bonds. The van der Waals surface area contributed by atoms with Crippen LogP contribution in [0.3, 0.4) is 0 Å². The zero-order valence-electron chi connectivity index (χ0n) is 18.1. The maximum atomic E-state index is 12.9. The molecule has 1 atom stereocenters. The number of carbonyl (C=O) groups excluding carboxylic acids is 2. The molecule has 1 N–H and O–H groups in total. The van der Waals surface area contributed by atoms with Gasteiger partial charge in [-0.3, -0.25) is 9.59 Å². The molecule has 31 heavy (non-hydrogen) atoms. The molecule has 0 fully saturated rings. The third kappa shape index (κ3) is 7.65. The van der Waals surface area contributed by atoms with Gasteiger partial charge in [-0.15, -0.1) is 0 Å². The molecule has 0 aromatic heterocycles. The number of likely N-dealkylation sites (N-methyl/N-ethyl adjacent to an activating group) is 1. The van der Waals surface area contributed by atoms with Gasteiger partial charge in [-0.05, 0) is 37.1 Å². The summed E-state index contributed by atoms with van der Waals surface area (Å²) >= 11 is 5.93. The van der Waals surface area contributed by atoms with Crippen LogP contribution < -0.4 is 5.32 Å². The summed E-state index contributed by atoms with van der Waals surface area (Å²) in [6, 6.07) is 13.9. The van der Waals surface area contributed by atoms with Gasteiger partial charge in [0.15, 0.2) is 0 Å². The molecule has 0 spiro atoms. The Morgan fingerprint density at radius 1 is 1.03 bits per heavy atom. The number of amides is 2. The number of aryl methyl sites for hydroxylation is 1. The first-order valence-corrected chi connectivity index (χ1v) is 12.0. The van der Waals surface area contributed by atoms with E-state index in [0.717, 1.165) is 27.3 Å². The number of benzene rings is 2. The van der Waals surface area contributed by atoms with Gasteiger partial charge in [0.05, 0.1) is 12.8 Å². The van der Waals surface area contributed by atoms with Crippen molar-refractivity contribution >= 4 is 33.4 Å². The second-order valence-electron chi connectivity index (χ2n) is 7.55. The van der Waals surface area contributed by atoms with Gasteiger partial charge in [-0.2, -0.15) is 4.31 Å². The number of sulfonamides is 1. The number of halogens is 1. The van der Waals surface area contributed by atoms with Crippen molar-refractivity contribution in [2.75, 3.05) is 19.8 Å². The number of hydrogen-bond donors (Lipinski definition) is 1. The minimum absolute atomic E-state index is 0.146. The quantitative estimate of drug-likeness (QED) is 0.616. The summed E-state index contributed by atoms with van der Waals surface area (Å²) in [6.45, 7) is 3.72. The van der Waals surface area contributed by atoms with Crippen LogP contribution in [0.25, 0.3) is 0 Å². The highest BCUT2D eigenvalue weighted by Gasteiger charge is 2.28. The van der Waals surface area contributed by atoms with E-state index in [1.54, 1.807) is 31.2 Å². The van der Waals surface area contributed by atoms with Crippen molar-refractivity contribution in [2.45, 2.75) is 33.0 Å². The Kier molecular flexibility index (Phi) is 8.61. The fourth-order valence-corrected chi connectivity index (χ4v) is 3.28. The van der Waals surface area contributed by atoms with Crippen LogP contribution in [-0.4, -0.2) is 55.3 Å². The monoisotopic (exact) mass is 465 g/mol. The molecule has 1 unspecified atom stereocenters. The van der Waals surface area contributed by atoms with Crippen molar-refractivity contribution in [2.24, 2.45) is 0 Å². The van der Waals surface area contributed by atoms with Crippen LogP contribution in [0.4, 0.5) is 0 Å². The SMILES string of the molecule is Cc1ccc(CNC(=O)C(C)N(Cc2ccc(Cl)cc2)C(=O)CN(C)S(C)(=O)=O)cc1. The Balaban J connectivity index is 2.16. The first-order chi connectivity index (χ1) is 14.5. The maximum absolute atomic E-state index is 12.9. The highest BCUT2D eigenvalue weighted by atomic mass is 35.5. The largest absolute Gasteiger partial charge is 0.350 e. The number of hydrogen-bond acceptors (Lipinski definition) is 4. The van der Waals surface area contributed by atoms with E-state index < -0.39 is 22.0 Å². The maximum Gasteiger partial charge on any atom is 0.242 e. The lowest BCUT2D eigenvalue weighted by atomic mass is 10.1. The average molecular weight is 466 g/mol. The van der Waals surface area contributed by atoms with Crippen LogP contribution >= 0.6 is 11.6 Å². The van der Waals surface area contributed by atoms with E-state index in [1.165, 1.54) is 11.9 Å². The summed E-state index contributed by atoms with van der Waals surface area (Å²) in [5, 5.41) is 3.40. The second kappa shape index (κ2) is 10.7. The van der Waals surface area contributed by atoms with E-state index in [4.69, 9.17) is 11.6 Å². The summed E-state index contributed by atoms with van der Waals surface area (Å²) in [5.74, 6) is -0.800. The fraction of sp³-hybridized carbons (Fsp3) is 0.364. The normalized spacial score (nSPS) is 12.5. The first-order valence-electron chi connectivity index (χ1n) is 9.76. The minimum atomic E-state index is -3.54. The number of rotatable bonds is 9. The first kappa shape index (κ1) is 24.8. The zero-order chi connectivity index (χ0) is 23.2. The molecule has 168 valence electrons. The van der Waals surface area contributed by atoms with Crippen LogP contribution in [-0.2, 0) is 32.7 Å². The Labute approximate surface area is 189 Å². The van der Waals surface area contributed by atoms with E-state index in [-0.39, 0.29) is 19.0 Å². The summed E-state index contributed by atoms with van der Waals surface area (Å²) in [4.78, 5) is 27.1. The molecule has 2 aromatic rings. The molecule has 0 heterocycles. The lowest BCUT2D eigenvalue weighted by molar-refractivity contribution is -0.140. The highest BCUT2D eigenvalue weighted by Crippen LogP contribution is 2.14. The molecule has 2 aromatic carbocycles. The lowest BCUT2D eigenvalue weighted by Crippen LogP contribution is -2.50. The zero-order valence-corrected chi connectivity index (χ0v) is 19.7. The molecular formula is C22H28ClN3O4S. The van der Waals surface area contributed by atoms with Gasteiger partial charge in [0.1, 0.15) is 6.04 Å². The molecule has 0 aliphatic heterocycles. The van der Waals surface area contributed by atoms with Gasteiger partial charge in [0.25, 0.3) is 0 Å². The minimum Gasteiger partial charge on any atom is -0.350 e. The van der Waals surface area contributed by atoms with Crippen molar-refractivity contribution in [1.82, 2.24) is 14.5 Å². The molecule has 2 rings (SSSR count). The molecule has 0 bridgehead atoms. The average Bonchev–Trinajstić information content (AvgIpc) is 2.71. The summed E-state index contributed by atoms with van der Waals surface area (Å²) in [7, 11) is -2.21. The van der Waals surface area contributed by atoms with E-state index >= 15 is 0 Å². The van der Waals surface area contributed by atoms with Crippen molar-refractivity contribution in [1.29, 1.82) is 0 Å². The summed E-state index contributed by atoms with van der Waals surface area (Å²) in [6.07, 6.45) is 1.03. The van der Waals surface area contributed by atoms with Crippen LogP contribution in [0, 0.1) is 6.92 Å². The molecular weight excluding hydrogens is 438 g/mol. The van der Waals surface area contributed by atoms with Crippen molar-refractivity contribution in [3.05, 3.63) is 70.2 Å². The Morgan fingerprint density at radius 3 is 2.13 bits per heavy atom. The van der Waals surface area contributed by atoms with E-state index in [9.17, 15) is 18.0 Å². The molecule has 0 aliphatic rings. The lowest BCUT2D eigenvalue weighted by Gasteiger charge is -2.30. The van der Waals surface area contributed by atoms with Crippen LogP contribution in [0.5, 0.6) is 0 Å². The Bertz CT molecular complexity index is 1010. The van der Waals surface area contributed by atoms with Crippen LogP contribution in [0.2, 0.25) is 5.02 Å². The molecule has 7 nitrogen and oxygen atoms in total. The summed E-state index contributed by atoms with van der Waals surface area (Å²) in [5.41, 5.74) is 2.84. The van der Waals surface area contributed by atoms with E-state index in [0.29, 0.717) is 11.6 Å². The van der Waals surface area contributed by atoms with Gasteiger partial charge < -0.3 is 10.2 Å². The Hall–Kier alpha value is -2.42. The molecule has 9 heteroatoms. The molecule has 0 radical (unpaired) electrons. The highest BCUT2D eigenvalue weighted by molar-refractivity contribution is 7.88. The van der Waals surface area contributed by atoms with Crippen LogP contribution in [0.1, 0.15) is 23.6 Å². The molecule has 0 saturated heterocycles. The summed E-state index contributed by atoms with van der Waals surface area (Å²) < 4.78 is 24.4. The van der Waals surface area contributed by atoms with Gasteiger partial charge in [-0.25, -0.2) is 8.42 Å². The van der Waals surface area contributed by atoms with Crippen LogP contribution in [0.15, 0.2) is 48.5 Å². The van der Waals surface area contributed by atoms with Crippen molar-refractivity contribution in [3.63, 3.8) is 0 Å². The van der Waals surface area contributed by atoms with Gasteiger partial charge in [0, 0.05) is 25.2 Å². The third-order valence-electron chi connectivity index (χ3n) is 4.94. The third-order valence-corrected chi connectivity index (χ3v) is 6.46. The van der Waals surface area contributed by atoms with Gasteiger partial charge in [0.2, 0.25) is 21.8 Å². The predicted octanol–water partition coefficient (Wildman–Crippen LogP) is 2.57. The topological polar surface area (TPSA) is 86.8 Å². The number of nitrogens with zero attached hydrogens (tertiary/aromatic N) is 2. The van der Waals surface area contributed by atoms with Gasteiger partial charge >= 0.3 is 0 Å². The predicted molar refractivity (Wildman–Crippen MR) is 122 cm³/mol. The van der Waals surface area contributed by atoms with Crippen molar-refractivity contribution < 1.29 is 18.0 Å². The van der Waals surface area contributed by atoms with Crippen molar-refractivity contribution in [3.8, 4) is 0 Å². The number of carbonyl (C=O) groups is 2. The van der Waals surface area contributed by atoms with E-state index in [1.807, 2.05) is 31.2 Å². The van der Waals surface area contributed by atoms with E-state index in [2.05, 4.69) is 5.32 Å². The standard InChI is InChI=1S/C22H28ClN3O4S/c1-16-5-7-18(8-6-16)13-24-22(28)17(2)26(14-19-9-11-20(23)12-10-19)21(27)15-25(3)31(4,29)30/h5-12,17H,13-15H2,1-4H3,(H,24,28). The Morgan fingerprint density at radius 2 is 1.58 bits per heavy atom. The van der Waals surface area contributed by atoms with Gasteiger partial charge in [-0.1, -0.05) is 53.6 Å². The fourth-order valence-electron chi connectivity index (χ4n) is 2.81.